The van der Waals surface area contributed by atoms with Gasteiger partial charge in [-0.3, -0.25) is 4.79 Å². The summed E-state index contributed by atoms with van der Waals surface area (Å²) >= 11 is 0. The van der Waals surface area contributed by atoms with Crippen LogP contribution in [0.2, 0.25) is 0 Å². The second-order valence-electron chi connectivity index (χ2n) is 4.76. The van der Waals surface area contributed by atoms with Crippen molar-refractivity contribution in [3.63, 3.8) is 0 Å². The Morgan fingerprint density at radius 3 is 2.50 bits per heavy atom. The average molecular weight is 218 g/mol. The van der Waals surface area contributed by atoms with Crippen molar-refractivity contribution < 1.29 is 9.90 Å². The fourth-order valence-electron chi connectivity index (χ4n) is 2.30. The number of hydrogen-bond donors (Lipinski definition) is 1. The van der Waals surface area contributed by atoms with E-state index in [-0.39, 0.29) is 5.92 Å². The number of benzene rings is 1. The first-order chi connectivity index (χ1) is 7.75. The number of carbonyl (C=O) groups is 1. The predicted molar refractivity (Wildman–Crippen MR) is 63.2 cm³/mol. The van der Waals surface area contributed by atoms with Gasteiger partial charge in [0.2, 0.25) is 0 Å². The Hall–Kier alpha value is -1.31. The van der Waals surface area contributed by atoms with Crippen LogP contribution in [0.3, 0.4) is 0 Å². The van der Waals surface area contributed by atoms with Crippen molar-refractivity contribution in [2.24, 2.45) is 11.8 Å². The molecule has 0 aliphatic heterocycles. The van der Waals surface area contributed by atoms with Crippen LogP contribution in [-0.4, -0.2) is 11.1 Å². The third kappa shape index (κ3) is 2.84. The summed E-state index contributed by atoms with van der Waals surface area (Å²) in [5.74, 6) is -0.187. The molecule has 0 unspecified atom stereocenters. The zero-order chi connectivity index (χ0) is 11.4. The standard InChI is InChI=1S/C14H18O2/c15-14(16)13(10-12-7-4-8-12)9-11-5-2-1-3-6-11/h1-3,5-6,12-13H,4,7-10H2,(H,15,16)/t13-/m0/s1. The molecule has 0 spiro atoms. The lowest BCUT2D eigenvalue weighted by Crippen LogP contribution is -2.23. The van der Waals surface area contributed by atoms with Crippen LogP contribution in [0.4, 0.5) is 0 Å². The zero-order valence-electron chi connectivity index (χ0n) is 9.43. The highest BCUT2D eigenvalue weighted by molar-refractivity contribution is 5.70. The maximum absolute atomic E-state index is 11.2. The fourth-order valence-corrected chi connectivity index (χ4v) is 2.30. The van der Waals surface area contributed by atoms with E-state index >= 15 is 0 Å². The molecular weight excluding hydrogens is 200 g/mol. The first-order valence-electron chi connectivity index (χ1n) is 6.02. The van der Waals surface area contributed by atoms with Gasteiger partial charge in [0.15, 0.2) is 0 Å². The highest BCUT2D eigenvalue weighted by Crippen LogP contribution is 2.33. The maximum atomic E-state index is 11.2. The largest absolute Gasteiger partial charge is 0.481 e. The summed E-state index contributed by atoms with van der Waals surface area (Å²) in [5, 5.41) is 9.20. The first kappa shape index (κ1) is 11.2. The van der Waals surface area contributed by atoms with Gasteiger partial charge in [0, 0.05) is 0 Å². The number of carboxylic acid groups (broad SMARTS) is 1. The number of aliphatic carboxylic acids is 1. The Labute approximate surface area is 96.3 Å². The van der Waals surface area contributed by atoms with E-state index in [4.69, 9.17) is 0 Å². The summed E-state index contributed by atoms with van der Waals surface area (Å²) in [7, 11) is 0. The molecule has 16 heavy (non-hydrogen) atoms. The van der Waals surface area contributed by atoms with Gasteiger partial charge in [-0.1, -0.05) is 49.6 Å². The summed E-state index contributed by atoms with van der Waals surface area (Å²) in [4.78, 5) is 11.2. The smallest absolute Gasteiger partial charge is 0.306 e. The number of carboxylic acids is 1. The highest BCUT2D eigenvalue weighted by atomic mass is 16.4. The van der Waals surface area contributed by atoms with E-state index in [1.54, 1.807) is 0 Å². The van der Waals surface area contributed by atoms with Crippen molar-refractivity contribution in [3.05, 3.63) is 35.9 Å². The molecule has 1 N–H and O–H groups in total. The van der Waals surface area contributed by atoms with Crippen molar-refractivity contribution in [3.8, 4) is 0 Å². The van der Waals surface area contributed by atoms with Gasteiger partial charge >= 0.3 is 5.97 Å². The van der Waals surface area contributed by atoms with Crippen molar-refractivity contribution in [1.29, 1.82) is 0 Å². The van der Waals surface area contributed by atoms with Gasteiger partial charge in [-0.05, 0) is 24.3 Å². The summed E-state index contributed by atoms with van der Waals surface area (Å²) in [5.41, 5.74) is 1.13. The van der Waals surface area contributed by atoms with Gasteiger partial charge in [-0.25, -0.2) is 0 Å². The second-order valence-corrected chi connectivity index (χ2v) is 4.76. The summed E-state index contributed by atoms with van der Waals surface area (Å²) < 4.78 is 0. The van der Waals surface area contributed by atoms with Crippen LogP contribution in [0.15, 0.2) is 30.3 Å². The van der Waals surface area contributed by atoms with Gasteiger partial charge in [-0.2, -0.15) is 0 Å². The van der Waals surface area contributed by atoms with Crippen LogP contribution < -0.4 is 0 Å². The van der Waals surface area contributed by atoms with E-state index in [0.29, 0.717) is 12.3 Å². The molecule has 0 amide bonds. The van der Waals surface area contributed by atoms with Crippen molar-refractivity contribution in [2.45, 2.75) is 32.1 Å². The van der Waals surface area contributed by atoms with Gasteiger partial charge in [0.1, 0.15) is 0 Å². The second kappa shape index (κ2) is 5.15. The first-order valence-corrected chi connectivity index (χ1v) is 6.02. The van der Waals surface area contributed by atoms with E-state index < -0.39 is 5.97 Å². The van der Waals surface area contributed by atoms with Gasteiger partial charge < -0.3 is 5.11 Å². The van der Waals surface area contributed by atoms with Crippen LogP contribution in [0, 0.1) is 11.8 Å². The Morgan fingerprint density at radius 2 is 2.00 bits per heavy atom. The predicted octanol–water partition coefficient (Wildman–Crippen LogP) is 3.12. The van der Waals surface area contributed by atoms with Crippen molar-refractivity contribution in [1.82, 2.24) is 0 Å². The number of rotatable bonds is 5. The van der Waals surface area contributed by atoms with Crippen LogP contribution >= 0.6 is 0 Å². The Bertz CT molecular complexity index is 341. The van der Waals surface area contributed by atoms with E-state index in [9.17, 15) is 9.90 Å². The molecule has 1 atom stereocenters. The third-order valence-corrected chi connectivity index (χ3v) is 3.52. The molecule has 2 heteroatoms. The van der Waals surface area contributed by atoms with Crippen LogP contribution in [-0.2, 0) is 11.2 Å². The molecule has 86 valence electrons. The molecule has 2 rings (SSSR count). The van der Waals surface area contributed by atoms with Crippen LogP contribution in [0.5, 0.6) is 0 Å². The van der Waals surface area contributed by atoms with E-state index in [1.165, 1.54) is 19.3 Å². The summed E-state index contributed by atoms with van der Waals surface area (Å²) in [6.45, 7) is 0. The molecule has 0 aromatic heterocycles. The Morgan fingerprint density at radius 1 is 1.31 bits per heavy atom. The Balaban J connectivity index is 1.94. The molecule has 2 nitrogen and oxygen atoms in total. The number of hydrogen-bond acceptors (Lipinski definition) is 1. The molecule has 0 bridgehead atoms. The minimum absolute atomic E-state index is 0.201. The quantitative estimate of drug-likeness (QED) is 0.824. The lowest BCUT2D eigenvalue weighted by molar-refractivity contribution is -0.142. The molecule has 1 aromatic rings. The summed E-state index contributed by atoms with van der Waals surface area (Å²) in [6.07, 6.45) is 5.25. The van der Waals surface area contributed by atoms with Crippen molar-refractivity contribution >= 4 is 5.97 Å². The molecule has 1 saturated carbocycles. The molecular formula is C14H18O2. The zero-order valence-corrected chi connectivity index (χ0v) is 9.43. The molecule has 0 heterocycles. The Kier molecular flexibility index (Phi) is 3.60. The molecule has 0 saturated heterocycles. The van der Waals surface area contributed by atoms with Gasteiger partial charge in [0.05, 0.1) is 5.92 Å². The van der Waals surface area contributed by atoms with E-state index in [1.807, 2.05) is 30.3 Å². The molecule has 1 aliphatic rings. The average Bonchev–Trinajstić information content (AvgIpc) is 2.22. The monoisotopic (exact) mass is 218 g/mol. The van der Waals surface area contributed by atoms with E-state index in [0.717, 1.165) is 12.0 Å². The fraction of sp³-hybridized carbons (Fsp3) is 0.500. The lowest BCUT2D eigenvalue weighted by Gasteiger charge is -2.28. The molecule has 1 aromatic carbocycles. The molecule has 1 aliphatic carbocycles. The SMILES string of the molecule is O=C(O)[C@@H](Cc1ccccc1)CC1CCC1. The van der Waals surface area contributed by atoms with Gasteiger partial charge in [0.25, 0.3) is 0 Å². The minimum atomic E-state index is -0.643. The van der Waals surface area contributed by atoms with Crippen molar-refractivity contribution in [2.75, 3.05) is 0 Å². The van der Waals surface area contributed by atoms with Crippen LogP contribution in [0.25, 0.3) is 0 Å². The topological polar surface area (TPSA) is 37.3 Å². The van der Waals surface area contributed by atoms with E-state index in [2.05, 4.69) is 0 Å². The third-order valence-electron chi connectivity index (χ3n) is 3.52. The van der Waals surface area contributed by atoms with Gasteiger partial charge in [-0.15, -0.1) is 0 Å². The normalized spacial score (nSPS) is 17.8. The lowest BCUT2D eigenvalue weighted by atomic mass is 9.77. The summed E-state index contributed by atoms with van der Waals surface area (Å²) in [6, 6.07) is 9.92. The van der Waals surface area contributed by atoms with Crippen LogP contribution in [0.1, 0.15) is 31.2 Å². The highest BCUT2D eigenvalue weighted by Gasteiger charge is 2.26. The minimum Gasteiger partial charge on any atom is -0.481 e. The molecule has 0 radical (unpaired) electrons. The maximum Gasteiger partial charge on any atom is 0.306 e. The molecule has 1 fully saturated rings.